The van der Waals surface area contributed by atoms with Gasteiger partial charge in [-0.25, -0.2) is 0 Å². The lowest BCUT2D eigenvalue weighted by atomic mass is 9.44. The van der Waals surface area contributed by atoms with E-state index in [9.17, 15) is 4.79 Å². The fourth-order valence-corrected chi connectivity index (χ4v) is 11.2. The van der Waals surface area contributed by atoms with E-state index >= 15 is 0 Å². The Balaban J connectivity index is 1.21. The molecule has 6 rings (SSSR count). The van der Waals surface area contributed by atoms with Gasteiger partial charge in [0.1, 0.15) is 0 Å². The topological polar surface area (TPSA) is 44.8 Å². The van der Waals surface area contributed by atoms with Gasteiger partial charge in [-0.15, -0.1) is 0 Å². The second-order valence-electron chi connectivity index (χ2n) is 14.2. The Labute approximate surface area is 219 Å². The minimum Gasteiger partial charge on any atom is -0.466 e. The molecule has 0 aromatic rings. The summed E-state index contributed by atoms with van der Waals surface area (Å²) in [5, 5.41) is 0. The van der Waals surface area contributed by atoms with Crippen molar-refractivity contribution in [3.63, 3.8) is 0 Å². The van der Waals surface area contributed by atoms with Crippen LogP contribution in [0.25, 0.3) is 0 Å². The molecule has 5 aliphatic carbocycles. The molecule has 1 aliphatic heterocycles. The number of carbonyl (C=O) groups excluding carboxylic acids is 1. The third-order valence-electron chi connectivity index (χ3n) is 13.2. The van der Waals surface area contributed by atoms with Gasteiger partial charge >= 0.3 is 5.97 Å². The number of carbonyl (C=O) groups is 1. The van der Waals surface area contributed by atoms with Gasteiger partial charge in [0, 0.05) is 11.8 Å². The Kier molecular flexibility index (Phi) is 6.05. The molecule has 2 spiro atoms. The first kappa shape index (κ1) is 25.4. The van der Waals surface area contributed by atoms with Gasteiger partial charge in [0.2, 0.25) is 0 Å². The average molecular weight is 499 g/mol. The number of ether oxygens (including phenoxy) is 3. The smallest absolute Gasteiger partial charge is 0.309 e. The van der Waals surface area contributed by atoms with E-state index in [1.54, 1.807) is 0 Å². The lowest BCUT2D eigenvalue weighted by Crippen LogP contribution is -2.62. The van der Waals surface area contributed by atoms with Crippen LogP contribution in [0.3, 0.4) is 0 Å². The molecule has 6 aliphatic rings. The lowest BCUT2D eigenvalue weighted by Gasteiger charge is -2.63. The van der Waals surface area contributed by atoms with Crippen LogP contribution in [0, 0.1) is 63.6 Å². The third kappa shape index (κ3) is 3.22. The standard InChI is InChI=1S/C32H50O4/c1-7-34-28(33)22(4)20(2)8-9-21(3)25-10-11-26-24-19-32(35-16-17-36-32)31-18-23(31)12-15-30(31,6)27(24)13-14-29(25,26)5/h8-9,20-27H,7,10-19H2,1-6H3/b9-8+/t20-,21-,22-,23-,24+,25-,26+,27+,29-,30-,31-/m1/s1. The van der Waals surface area contributed by atoms with Crippen molar-refractivity contribution in [1.82, 2.24) is 0 Å². The predicted molar refractivity (Wildman–Crippen MR) is 141 cm³/mol. The van der Waals surface area contributed by atoms with Gasteiger partial charge in [0.05, 0.1) is 25.7 Å². The second kappa shape index (κ2) is 8.57. The molecule has 0 radical (unpaired) electrons. The molecule has 0 N–H and O–H groups in total. The highest BCUT2D eigenvalue weighted by atomic mass is 16.7. The molecule has 1 saturated heterocycles. The second-order valence-corrected chi connectivity index (χ2v) is 14.2. The Bertz CT molecular complexity index is 906. The zero-order chi connectivity index (χ0) is 25.5. The fourth-order valence-electron chi connectivity index (χ4n) is 11.2. The summed E-state index contributed by atoms with van der Waals surface area (Å²) < 4.78 is 18.6. The number of rotatable bonds is 6. The van der Waals surface area contributed by atoms with E-state index in [1.165, 1.54) is 44.9 Å². The van der Waals surface area contributed by atoms with Crippen LogP contribution >= 0.6 is 0 Å². The fraction of sp³-hybridized carbons (Fsp3) is 0.906. The summed E-state index contributed by atoms with van der Waals surface area (Å²) in [4.78, 5) is 12.2. The van der Waals surface area contributed by atoms with Crippen molar-refractivity contribution >= 4 is 5.97 Å². The minimum atomic E-state index is -0.287. The van der Waals surface area contributed by atoms with Crippen LogP contribution < -0.4 is 0 Å². The van der Waals surface area contributed by atoms with Crippen LogP contribution in [0.1, 0.15) is 92.9 Å². The van der Waals surface area contributed by atoms with Crippen LogP contribution in [-0.4, -0.2) is 31.6 Å². The normalized spacial score (nSPS) is 48.7. The highest BCUT2D eigenvalue weighted by Gasteiger charge is 2.83. The van der Waals surface area contributed by atoms with Gasteiger partial charge in [-0.05, 0) is 104 Å². The van der Waals surface area contributed by atoms with Crippen molar-refractivity contribution in [2.75, 3.05) is 19.8 Å². The zero-order valence-corrected chi connectivity index (χ0v) is 23.7. The predicted octanol–water partition coefficient (Wildman–Crippen LogP) is 7.03. The van der Waals surface area contributed by atoms with Crippen molar-refractivity contribution in [2.45, 2.75) is 98.7 Å². The van der Waals surface area contributed by atoms with Gasteiger partial charge in [-0.1, -0.05) is 46.8 Å². The molecule has 0 unspecified atom stereocenters. The minimum absolute atomic E-state index is 0.0767. The van der Waals surface area contributed by atoms with Gasteiger partial charge in [0.15, 0.2) is 5.79 Å². The summed E-state index contributed by atoms with van der Waals surface area (Å²) in [6.07, 6.45) is 15.5. The van der Waals surface area contributed by atoms with Gasteiger partial charge in [-0.2, -0.15) is 0 Å². The van der Waals surface area contributed by atoms with Crippen molar-refractivity contribution in [3.05, 3.63) is 12.2 Å². The van der Waals surface area contributed by atoms with E-state index in [1.807, 2.05) is 13.8 Å². The Hall–Kier alpha value is -0.870. The summed E-state index contributed by atoms with van der Waals surface area (Å²) >= 11 is 0. The monoisotopic (exact) mass is 498 g/mol. The molecule has 0 amide bonds. The van der Waals surface area contributed by atoms with Gasteiger partial charge in [-0.3, -0.25) is 4.79 Å². The van der Waals surface area contributed by atoms with Crippen LogP contribution in [0.2, 0.25) is 0 Å². The third-order valence-corrected chi connectivity index (χ3v) is 13.2. The molecule has 5 saturated carbocycles. The Morgan fingerprint density at radius 3 is 2.42 bits per heavy atom. The van der Waals surface area contributed by atoms with E-state index in [-0.39, 0.29) is 23.6 Å². The SMILES string of the molecule is CCOC(=O)[C@H](C)[C@H](C)/C=C/[C@@H](C)[C@H]1CC[C@H]2[C@@H]3CC4(OCCO4)[C@]45C[C@H]4CC[C@]5(C)[C@H]3CC[C@]12C. The first-order valence-corrected chi connectivity index (χ1v) is 15.3. The van der Waals surface area contributed by atoms with E-state index < -0.39 is 0 Å². The Morgan fingerprint density at radius 2 is 1.72 bits per heavy atom. The summed E-state index contributed by atoms with van der Waals surface area (Å²) in [7, 11) is 0. The van der Waals surface area contributed by atoms with Gasteiger partial charge < -0.3 is 14.2 Å². The molecule has 0 aromatic carbocycles. The van der Waals surface area contributed by atoms with Crippen LogP contribution in [0.4, 0.5) is 0 Å². The zero-order valence-electron chi connectivity index (χ0n) is 23.7. The molecule has 6 fully saturated rings. The number of fused-ring (bicyclic) bond motifs is 4. The van der Waals surface area contributed by atoms with Gasteiger partial charge in [0.25, 0.3) is 0 Å². The van der Waals surface area contributed by atoms with E-state index in [0.717, 1.165) is 43.3 Å². The number of allylic oxidation sites excluding steroid dienone is 2. The Morgan fingerprint density at radius 1 is 0.972 bits per heavy atom. The highest BCUT2D eigenvalue weighted by Crippen LogP contribution is 2.85. The van der Waals surface area contributed by atoms with E-state index in [4.69, 9.17) is 14.2 Å². The van der Waals surface area contributed by atoms with Crippen LogP contribution in [0.15, 0.2) is 12.2 Å². The molecule has 1 heterocycles. The van der Waals surface area contributed by atoms with Crippen molar-refractivity contribution in [2.24, 2.45) is 63.6 Å². The first-order chi connectivity index (χ1) is 17.1. The van der Waals surface area contributed by atoms with Crippen molar-refractivity contribution in [1.29, 1.82) is 0 Å². The molecular formula is C32H50O4. The summed E-state index contributed by atoms with van der Waals surface area (Å²) in [6, 6.07) is 0. The van der Waals surface area contributed by atoms with Crippen molar-refractivity contribution in [3.8, 4) is 0 Å². The van der Waals surface area contributed by atoms with E-state index in [2.05, 4.69) is 39.8 Å². The maximum absolute atomic E-state index is 12.2. The molecule has 0 bridgehead atoms. The lowest BCUT2D eigenvalue weighted by molar-refractivity contribution is -0.294. The maximum atomic E-state index is 12.2. The number of esters is 1. The first-order valence-electron chi connectivity index (χ1n) is 15.3. The molecule has 11 atom stereocenters. The molecule has 0 aromatic heterocycles. The molecule has 4 nitrogen and oxygen atoms in total. The molecule has 202 valence electrons. The average Bonchev–Trinajstić information content (AvgIpc) is 3.11. The quantitative estimate of drug-likeness (QED) is 0.291. The molecule has 4 heteroatoms. The van der Waals surface area contributed by atoms with Crippen molar-refractivity contribution < 1.29 is 19.0 Å². The largest absolute Gasteiger partial charge is 0.466 e. The summed E-state index contributed by atoms with van der Waals surface area (Å²) in [5.74, 6) is 4.20. The highest BCUT2D eigenvalue weighted by molar-refractivity contribution is 5.72. The summed E-state index contributed by atoms with van der Waals surface area (Å²) in [5.41, 5.74) is 1.10. The van der Waals surface area contributed by atoms with Crippen LogP contribution in [-0.2, 0) is 19.0 Å². The number of hydrogen-bond acceptors (Lipinski definition) is 4. The molecule has 36 heavy (non-hydrogen) atoms. The summed E-state index contributed by atoms with van der Waals surface area (Å²) in [6.45, 7) is 15.8. The number of hydrogen-bond donors (Lipinski definition) is 0. The maximum Gasteiger partial charge on any atom is 0.309 e. The molecular weight excluding hydrogens is 448 g/mol. The van der Waals surface area contributed by atoms with Crippen LogP contribution in [0.5, 0.6) is 0 Å². The van der Waals surface area contributed by atoms with E-state index in [0.29, 0.717) is 34.7 Å².